The van der Waals surface area contributed by atoms with E-state index in [0.29, 0.717) is 66.8 Å². The van der Waals surface area contributed by atoms with Crippen LogP contribution in [0.3, 0.4) is 0 Å². The Bertz CT molecular complexity index is 3550. The Morgan fingerprint density at radius 3 is 0.386 bits per heavy atom. The second kappa shape index (κ2) is 35.9. The number of ether oxygens (including phenoxy) is 12. The number of rotatable bonds is 24. The molecule has 0 unspecified atom stereocenters. The third-order valence-electron chi connectivity index (χ3n) is 21.0. The highest BCUT2D eigenvalue weighted by atomic mass is 16.7. The number of hydrogen-bond acceptors (Lipinski definition) is 36. The summed E-state index contributed by atoms with van der Waals surface area (Å²) in [5.41, 5.74) is 3.62. The minimum absolute atomic E-state index is 0.0105. The van der Waals surface area contributed by atoms with Crippen molar-refractivity contribution in [1.82, 2.24) is 0 Å². The van der Waals surface area contributed by atoms with Gasteiger partial charge < -0.3 is 179 Å². The molecular formula is C78H90O36. The van der Waals surface area contributed by atoms with Crippen molar-refractivity contribution in [1.29, 1.82) is 0 Å². The van der Waals surface area contributed by atoms with Crippen LogP contribution in [-0.4, -0.2) is 346 Å². The lowest BCUT2D eigenvalue weighted by Gasteiger charge is -2.39. The van der Waals surface area contributed by atoms with E-state index in [1.54, 1.807) is 72.8 Å². The first-order valence-electron chi connectivity index (χ1n) is 36.4. The van der Waals surface area contributed by atoms with E-state index in [4.69, 9.17) is 56.8 Å². The fraction of sp³-hybridized carbons (Fsp3) is 0.462. The first-order valence-corrected chi connectivity index (χ1v) is 36.4. The summed E-state index contributed by atoms with van der Waals surface area (Å²) in [5.74, 6) is -0.0631. The van der Waals surface area contributed by atoms with Crippen LogP contribution in [0, 0.1) is 0 Å². The van der Waals surface area contributed by atoms with Gasteiger partial charge in [-0.1, -0.05) is 72.8 Å². The van der Waals surface area contributed by atoms with Gasteiger partial charge in [0.15, 0.2) is 0 Å². The zero-order valence-corrected chi connectivity index (χ0v) is 60.1. The van der Waals surface area contributed by atoms with E-state index in [9.17, 15) is 123 Å². The molecule has 7 aromatic carbocycles. The van der Waals surface area contributed by atoms with Gasteiger partial charge >= 0.3 is 0 Å². The van der Waals surface area contributed by atoms with Crippen molar-refractivity contribution in [3.8, 4) is 101 Å². The molecule has 618 valence electrons. The average molecular weight is 1600 g/mol. The molecule has 0 radical (unpaired) electrons. The molecule has 6 saturated heterocycles. The zero-order chi connectivity index (χ0) is 81.4. The number of aliphatic hydroxyl groups is 24. The summed E-state index contributed by atoms with van der Waals surface area (Å²) >= 11 is 0. The molecule has 36 nitrogen and oxygen atoms in total. The smallest absolute Gasteiger partial charge is 0.229 e. The number of benzene rings is 7. The summed E-state index contributed by atoms with van der Waals surface area (Å²) in [6.07, 6.45) is -51.2. The van der Waals surface area contributed by atoms with Crippen molar-refractivity contribution in [3.05, 3.63) is 146 Å². The van der Waals surface area contributed by atoms with Gasteiger partial charge in [0, 0.05) is 0 Å². The van der Waals surface area contributed by atoms with Gasteiger partial charge in [0.2, 0.25) is 37.7 Å². The van der Waals surface area contributed by atoms with E-state index < -0.39 is 224 Å². The topological polar surface area (TPSA) is 596 Å². The van der Waals surface area contributed by atoms with E-state index in [1.807, 2.05) is 0 Å². The molecule has 0 spiro atoms. The molecule has 0 bridgehead atoms. The van der Waals surface area contributed by atoms with Gasteiger partial charge in [-0.25, -0.2) is 0 Å². The molecule has 36 heteroatoms. The molecule has 0 amide bonds. The fourth-order valence-corrected chi connectivity index (χ4v) is 14.5. The van der Waals surface area contributed by atoms with Crippen molar-refractivity contribution in [2.45, 2.75) is 184 Å². The van der Waals surface area contributed by atoms with Crippen LogP contribution in [0.1, 0.15) is 0 Å². The van der Waals surface area contributed by atoms with Gasteiger partial charge in [-0.3, -0.25) is 0 Å². The van der Waals surface area contributed by atoms with Crippen molar-refractivity contribution in [2.24, 2.45) is 0 Å². The molecule has 0 saturated carbocycles. The van der Waals surface area contributed by atoms with Gasteiger partial charge in [-0.2, -0.15) is 0 Å². The van der Waals surface area contributed by atoms with Crippen molar-refractivity contribution in [3.63, 3.8) is 0 Å². The van der Waals surface area contributed by atoms with Crippen LogP contribution in [0.25, 0.3) is 66.8 Å². The molecule has 30 atom stereocenters. The lowest BCUT2D eigenvalue weighted by Crippen LogP contribution is -2.60. The Morgan fingerprint density at radius 1 is 0.167 bits per heavy atom. The predicted molar refractivity (Wildman–Crippen MR) is 385 cm³/mol. The molecular weight excluding hydrogens is 1510 g/mol. The third-order valence-corrected chi connectivity index (χ3v) is 21.0. The maximum Gasteiger partial charge on any atom is 0.229 e. The zero-order valence-electron chi connectivity index (χ0n) is 60.1. The largest absolute Gasteiger partial charge is 0.462 e. The highest BCUT2D eigenvalue weighted by Gasteiger charge is 2.51. The van der Waals surface area contributed by atoms with Crippen molar-refractivity contribution in [2.75, 3.05) is 39.6 Å². The maximum absolute atomic E-state index is 11.2. The van der Waals surface area contributed by atoms with Crippen LogP contribution in [-0.2, 0) is 28.4 Å². The van der Waals surface area contributed by atoms with Gasteiger partial charge in [0.25, 0.3) is 0 Å². The molecule has 0 aliphatic carbocycles. The molecule has 6 heterocycles. The van der Waals surface area contributed by atoms with E-state index in [0.717, 1.165) is 0 Å². The monoisotopic (exact) mass is 1600 g/mol. The molecule has 0 aromatic heterocycles. The number of hydrogen-bond donors (Lipinski definition) is 24. The van der Waals surface area contributed by atoms with Crippen molar-refractivity contribution < 1.29 is 179 Å². The summed E-state index contributed by atoms with van der Waals surface area (Å²) in [6.45, 7) is -4.75. The number of aliphatic hydroxyl groups excluding tert-OH is 24. The van der Waals surface area contributed by atoms with Crippen LogP contribution in [0.4, 0.5) is 0 Å². The van der Waals surface area contributed by atoms with E-state index >= 15 is 0 Å². The van der Waals surface area contributed by atoms with Crippen molar-refractivity contribution >= 4 is 0 Å². The maximum atomic E-state index is 11.2. The van der Waals surface area contributed by atoms with E-state index in [1.165, 1.54) is 72.8 Å². The van der Waals surface area contributed by atoms with Crippen LogP contribution in [0.2, 0.25) is 0 Å². The molecule has 114 heavy (non-hydrogen) atoms. The molecule has 6 aliphatic heterocycles. The van der Waals surface area contributed by atoms with E-state index in [2.05, 4.69) is 0 Å². The summed E-state index contributed by atoms with van der Waals surface area (Å²) in [6, 6.07) is 36.8. The summed E-state index contributed by atoms with van der Waals surface area (Å²) < 4.78 is 71.3. The van der Waals surface area contributed by atoms with Gasteiger partial charge in [-0.15, -0.1) is 0 Å². The Hall–Kier alpha value is -7.86. The Morgan fingerprint density at radius 2 is 0.281 bits per heavy atom. The molecule has 6 fully saturated rings. The standard InChI is InChI=1S/C78H90O36/c79-25-43-55(85)61(91)67(97)73(109-43)103-37-13-1-31(2-14-37)49-50(32-3-15-38(16-4-32)104-74-68(98)62(92)56(86)44(26-80)110-74)52(34-7-19-40(20-8-34)106-76-70(100)64(94)58(88)46(28-82)112-76)54(36-11-23-42(24-12-36)108-78-72(102)66(96)60(90)48(30-84)114-78)53(35-9-21-41(22-10-35)107-77-71(101)65(95)59(89)47(29-83)113-77)51(49)33-5-17-39(18-6-33)105-75-69(99)63(93)57(87)45(27-81)111-75/h1-24,43-48,55-102H,25-30H2/t43-,44-,45-,46-,47-,48-,55-,56-,57-,58-,59-,60-,61+,62+,63+,64+,65+,66+,67-,68-,69-,70-,71-,72-,73+,74+,75+,76+,77+,78+/m1/s1. The Kier molecular flexibility index (Phi) is 26.5. The third kappa shape index (κ3) is 16.9. The summed E-state index contributed by atoms with van der Waals surface area (Å²) in [4.78, 5) is 0. The quantitative estimate of drug-likeness (QED) is 0.0269. The average Bonchev–Trinajstić information content (AvgIpc) is 0.712. The highest BCUT2D eigenvalue weighted by Crippen LogP contribution is 2.57. The normalized spacial score (nSPS) is 35.9. The highest BCUT2D eigenvalue weighted by molar-refractivity contribution is 6.15. The molecule has 13 rings (SSSR count). The SMILES string of the molecule is OC[C@H]1O[C@H](Oc2ccc(-c3c(-c4ccc(O[C@H]5O[C@H](CO)[C@@H](O)[C@H](O)[C@H]5O)cc4)c(-c4ccc(O[C@H]5O[C@H](CO)[C@@H](O)[C@H](O)[C@H]5O)cc4)c(-c4ccc(O[C@H]5O[C@H](CO)[C@@H](O)[C@H](O)[C@H]5O)cc4)c(-c4ccc(O[C@H]5O[C@H](CO)[C@@H](O)[C@H](O)[C@H]5O)cc4)c3-c3ccc(O[C@H]4O[C@H](CO)[C@@H](O)[C@H](O)[C@H]4O)cc3)cc2)[C@H](O)[C@@H](O)[C@@H]1O. The molecule has 7 aromatic rings. The van der Waals surface area contributed by atoms with Crippen LogP contribution in [0.15, 0.2) is 146 Å². The van der Waals surface area contributed by atoms with Crippen LogP contribution >= 0.6 is 0 Å². The molecule has 24 N–H and O–H groups in total. The molecule has 6 aliphatic rings. The second-order valence-corrected chi connectivity index (χ2v) is 28.3. The lowest BCUT2D eigenvalue weighted by atomic mass is 9.74. The van der Waals surface area contributed by atoms with Gasteiger partial charge in [0.05, 0.1) is 39.6 Å². The van der Waals surface area contributed by atoms with Crippen LogP contribution < -0.4 is 28.4 Å². The second-order valence-electron chi connectivity index (χ2n) is 28.3. The predicted octanol–water partition coefficient (Wildman–Crippen LogP) is -5.24. The minimum Gasteiger partial charge on any atom is -0.462 e. The van der Waals surface area contributed by atoms with E-state index in [-0.39, 0.29) is 34.5 Å². The lowest BCUT2D eigenvalue weighted by molar-refractivity contribution is -0.277. The van der Waals surface area contributed by atoms with Gasteiger partial charge in [0.1, 0.15) is 181 Å². The Labute approximate surface area is 647 Å². The minimum atomic E-state index is -1.87. The van der Waals surface area contributed by atoms with Gasteiger partial charge in [-0.05, 0) is 140 Å². The van der Waals surface area contributed by atoms with Crippen LogP contribution in [0.5, 0.6) is 34.5 Å². The summed E-state index contributed by atoms with van der Waals surface area (Å²) in [7, 11) is 0. The summed E-state index contributed by atoms with van der Waals surface area (Å²) in [5, 5.41) is 257. The fourth-order valence-electron chi connectivity index (χ4n) is 14.5. The first kappa shape index (κ1) is 84.1. The first-order chi connectivity index (χ1) is 54.7. The Balaban J connectivity index is 1.09.